The van der Waals surface area contributed by atoms with Crippen molar-refractivity contribution in [2.45, 2.75) is 13.0 Å². The molecule has 0 spiro atoms. The molecule has 0 radical (unpaired) electrons. The first-order valence-electron chi connectivity index (χ1n) is 9.29. The third kappa shape index (κ3) is 5.87. The van der Waals surface area contributed by atoms with Gasteiger partial charge in [-0.15, -0.1) is 0 Å². The van der Waals surface area contributed by atoms with Gasteiger partial charge in [0.1, 0.15) is 5.82 Å². The summed E-state index contributed by atoms with van der Waals surface area (Å²) in [5.74, 6) is -0.565. The largest absolute Gasteiger partial charge is 0.343 e. The van der Waals surface area contributed by atoms with Crippen LogP contribution in [0.3, 0.4) is 0 Å². The molecule has 2 amide bonds. The first kappa shape index (κ1) is 20.5. The summed E-state index contributed by atoms with van der Waals surface area (Å²) < 4.78 is 13.9. The molecule has 7 heteroatoms. The molecule has 1 heterocycles. The third-order valence-corrected chi connectivity index (χ3v) is 5.30. The molecule has 0 aromatic heterocycles. The van der Waals surface area contributed by atoms with Crippen LogP contribution in [0.4, 0.5) is 4.39 Å². The van der Waals surface area contributed by atoms with E-state index in [1.165, 1.54) is 12.1 Å². The van der Waals surface area contributed by atoms with E-state index < -0.39 is 0 Å². The van der Waals surface area contributed by atoms with Gasteiger partial charge in [0.05, 0.1) is 6.54 Å². The molecule has 0 bridgehead atoms. The van der Waals surface area contributed by atoms with Crippen LogP contribution in [0.15, 0.2) is 53.0 Å². The van der Waals surface area contributed by atoms with E-state index in [1.807, 2.05) is 0 Å². The lowest BCUT2D eigenvalue weighted by Crippen LogP contribution is -2.42. The van der Waals surface area contributed by atoms with Crippen LogP contribution in [0, 0.1) is 5.82 Å². The van der Waals surface area contributed by atoms with Crippen molar-refractivity contribution in [3.05, 3.63) is 69.9 Å². The minimum absolute atomic E-state index is 0.00708. The molecule has 1 saturated heterocycles. The Kier molecular flexibility index (Phi) is 7.17. The van der Waals surface area contributed by atoms with E-state index in [4.69, 9.17) is 0 Å². The highest BCUT2D eigenvalue weighted by Gasteiger charge is 2.19. The van der Waals surface area contributed by atoms with Crippen molar-refractivity contribution in [1.29, 1.82) is 0 Å². The number of amides is 2. The smallest absolute Gasteiger partial charge is 0.251 e. The Morgan fingerprint density at radius 3 is 2.39 bits per heavy atom. The van der Waals surface area contributed by atoms with E-state index in [0.29, 0.717) is 18.7 Å². The maximum Gasteiger partial charge on any atom is 0.251 e. The van der Waals surface area contributed by atoms with E-state index in [2.05, 4.69) is 26.1 Å². The Morgan fingerprint density at radius 1 is 0.964 bits per heavy atom. The number of carbonyl (C=O) groups is 2. The average Bonchev–Trinajstić information content (AvgIpc) is 2.94. The van der Waals surface area contributed by atoms with Gasteiger partial charge in [-0.3, -0.25) is 14.5 Å². The molecular formula is C21H23BrFN3O2. The van der Waals surface area contributed by atoms with E-state index >= 15 is 0 Å². The average molecular weight is 448 g/mol. The number of hydrogen-bond donors (Lipinski definition) is 1. The Labute approximate surface area is 172 Å². The molecule has 3 rings (SSSR count). The fraction of sp³-hybridized carbons (Fsp3) is 0.333. The molecule has 1 fully saturated rings. The molecule has 2 aromatic carbocycles. The van der Waals surface area contributed by atoms with Crippen LogP contribution in [0.1, 0.15) is 22.3 Å². The van der Waals surface area contributed by atoms with Crippen molar-refractivity contribution < 1.29 is 14.0 Å². The van der Waals surface area contributed by atoms with Gasteiger partial charge < -0.3 is 10.2 Å². The van der Waals surface area contributed by atoms with Crippen LogP contribution in [0.5, 0.6) is 0 Å². The van der Waals surface area contributed by atoms with Gasteiger partial charge in [-0.1, -0.05) is 28.1 Å². The number of benzene rings is 2. The van der Waals surface area contributed by atoms with Crippen LogP contribution >= 0.6 is 15.9 Å². The molecule has 0 saturated carbocycles. The molecular weight excluding hydrogens is 425 g/mol. The lowest BCUT2D eigenvalue weighted by molar-refractivity contribution is -0.130. The van der Waals surface area contributed by atoms with Crippen LogP contribution in [0.25, 0.3) is 0 Å². The number of nitrogens with one attached hydrogen (secondary N) is 1. The normalized spacial score (nSPS) is 15.1. The van der Waals surface area contributed by atoms with Crippen molar-refractivity contribution >= 4 is 27.7 Å². The lowest BCUT2D eigenvalue weighted by atomic mass is 10.2. The molecule has 1 N–H and O–H groups in total. The van der Waals surface area contributed by atoms with Crippen LogP contribution < -0.4 is 5.32 Å². The Bertz CT molecular complexity index is 811. The van der Waals surface area contributed by atoms with Gasteiger partial charge in [0.25, 0.3) is 5.91 Å². The number of nitrogens with zero attached hydrogens (tertiary/aromatic N) is 2. The molecule has 0 aliphatic carbocycles. The first-order chi connectivity index (χ1) is 13.5. The fourth-order valence-corrected chi connectivity index (χ4v) is 3.46. The summed E-state index contributed by atoms with van der Waals surface area (Å²) >= 11 is 3.33. The molecule has 1 aliphatic heterocycles. The monoisotopic (exact) mass is 447 g/mol. The summed E-state index contributed by atoms with van der Waals surface area (Å²) in [6, 6.07) is 13.5. The summed E-state index contributed by atoms with van der Waals surface area (Å²) in [5.41, 5.74) is 1.58. The second-order valence-electron chi connectivity index (χ2n) is 6.83. The van der Waals surface area contributed by atoms with Crippen LogP contribution in [-0.4, -0.2) is 54.3 Å². The number of carbonyl (C=O) groups excluding carboxylic acids is 2. The van der Waals surface area contributed by atoms with Gasteiger partial charge in [-0.2, -0.15) is 0 Å². The molecule has 28 heavy (non-hydrogen) atoms. The Morgan fingerprint density at radius 2 is 1.68 bits per heavy atom. The van der Waals surface area contributed by atoms with E-state index in [1.54, 1.807) is 41.3 Å². The summed E-state index contributed by atoms with van der Waals surface area (Å²) in [6.45, 7) is 3.66. The zero-order valence-electron chi connectivity index (χ0n) is 15.5. The predicted molar refractivity (Wildman–Crippen MR) is 109 cm³/mol. The summed E-state index contributed by atoms with van der Waals surface area (Å²) in [6.07, 6.45) is 0.869. The highest BCUT2D eigenvalue weighted by molar-refractivity contribution is 9.10. The second kappa shape index (κ2) is 9.80. The highest BCUT2D eigenvalue weighted by Crippen LogP contribution is 2.11. The van der Waals surface area contributed by atoms with E-state index in [9.17, 15) is 14.0 Å². The first-order valence-corrected chi connectivity index (χ1v) is 10.1. The number of hydrogen-bond acceptors (Lipinski definition) is 3. The van der Waals surface area contributed by atoms with Crippen molar-refractivity contribution in [3.63, 3.8) is 0 Å². The quantitative estimate of drug-likeness (QED) is 0.765. The Hall–Kier alpha value is -2.25. The molecule has 148 valence electrons. The zero-order chi connectivity index (χ0) is 19.9. The summed E-state index contributed by atoms with van der Waals surface area (Å²) in [5, 5.41) is 2.70. The molecule has 2 aromatic rings. The van der Waals surface area contributed by atoms with Gasteiger partial charge >= 0.3 is 0 Å². The summed E-state index contributed by atoms with van der Waals surface area (Å²) in [4.78, 5) is 28.7. The Balaban J connectivity index is 1.46. The van der Waals surface area contributed by atoms with E-state index in [-0.39, 0.29) is 24.2 Å². The van der Waals surface area contributed by atoms with Gasteiger partial charge in [0.15, 0.2) is 0 Å². The van der Waals surface area contributed by atoms with Gasteiger partial charge in [-0.25, -0.2) is 4.39 Å². The maximum atomic E-state index is 13.0. The SMILES string of the molecule is O=C(NCC(=O)N1CCCN(Cc2ccc(F)cc2)CC1)c1ccc(Br)cc1. The predicted octanol–water partition coefficient (Wildman–Crippen LogP) is 3.05. The minimum Gasteiger partial charge on any atom is -0.343 e. The van der Waals surface area contributed by atoms with Gasteiger partial charge in [0.2, 0.25) is 5.91 Å². The number of halogens is 2. The molecule has 0 unspecified atom stereocenters. The molecule has 5 nitrogen and oxygen atoms in total. The van der Waals surface area contributed by atoms with E-state index in [0.717, 1.165) is 36.1 Å². The fourth-order valence-electron chi connectivity index (χ4n) is 3.20. The van der Waals surface area contributed by atoms with Gasteiger partial charge in [-0.05, 0) is 48.4 Å². The maximum absolute atomic E-state index is 13.0. The minimum atomic E-state index is -0.256. The lowest BCUT2D eigenvalue weighted by Gasteiger charge is -2.22. The van der Waals surface area contributed by atoms with Crippen LogP contribution in [-0.2, 0) is 11.3 Å². The van der Waals surface area contributed by atoms with Crippen molar-refractivity contribution in [2.24, 2.45) is 0 Å². The molecule has 1 aliphatic rings. The summed E-state index contributed by atoms with van der Waals surface area (Å²) in [7, 11) is 0. The van der Waals surface area contributed by atoms with Crippen LogP contribution in [0.2, 0.25) is 0 Å². The molecule has 0 atom stereocenters. The zero-order valence-corrected chi connectivity index (χ0v) is 17.1. The van der Waals surface area contributed by atoms with Gasteiger partial charge in [0, 0.05) is 42.8 Å². The highest BCUT2D eigenvalue weighted by atomic mass is 79.9. The van der Waals surface area contributed by atoms with Crippen molar-refractivity contribution in [2.75, 3.05) is 32.7 Å². The third-order valence-electron chi connectivity index (χ3n) is 4.77. The topological polar surface area (TPSA) is 52.7 Å². The number of rotatable bonds is 5. The van der Waals surface area contributed by atoms with Crippen molar-refractivity contribution in [3.8, 4) is 0 Å². The van der Waals surface area contributed by atoms with Crippen molar-refractivity contribution in [1.82, 2.24) is 15.1 Å². The standard InChI is InChI=1S/C21H23BrFN3O2/c22-18-6-4-17(5-7-18)21(28)24-14-20(27)26-11-1-10-25(12-13-26)15-16-2-8-19(23)9-3-16/h2-9H,1,10-15H2,(H,24,28). The second-order valence-corrected chi connectivity index (χ2v) is 7.74.